The predicted molar refractivity (Wildman–Crippen MR) is 63.1 cm³/mol. The number of benzene rings is 1. The van der Waals surface area contributed by atoms with E-state index < -0.39 is 5.97 Å². The first-order valence-electron chi connectivity index (χ1n) is 5.15. The van der Waals surface area contributed by atoms with E-state index in [1.807, 2.05) is 13.8 Å². The van der Waals surface area contributed by atoms with Crippen molar-refractivity contribution in [2.75, 3.05) is 19.0 Å². The topological polar surface area (TPSA) is 58.6 Å². The van der Waals surface area contributed by atoms with Gasteiger partial charge < -0.3 is 15.2 Å². The number of hydrogen-bond donors (Lipinski definition) is 2. The number of ether oxygens (including phenoxy) is 1. The summed E-state index contributed by atoms with van der Waals surface area (Å²) < 4.78 is 5.12. The van der Waals surface area contributed by atoms with E-state index in [1.165, 1.54) is 0 Å². The van der Waals surface area contributed by atoms with Crippen molar-refractivity contribution in [2.45, 2.75) is 20.0 Å². The number of carboxylic acid groups (broad SMARTS) is 1. The molecular weight excluding hydrogens is 206 g/mol. The van der Waals surface area contributed by atoms with E-state index in [2.05, 4.69) is 5.32 Å². The maximum absolute atomic E-state index is 10.7. The Morgan fingerprint density at radius 3 is 2.75 bits per heavy atom. The first-order chi connectivity index (χ1) is 7.54. The van der Waals surface area contributed by atoms with E-state index in [0.29, 0.717) is 12.1 Å². The van der Waals surface area contributed by atoms with Crippen LogP contribution < -0.4 is 5.32 Å². The molecule has 0 aliphatic heterocycles. The largest absolute Gasteiger partial charge is 0.478 e. The third kappa shape index (κ3) is 3.24. The van der Waals surface area contributed by atoms with Crippen molar-refractivity contribution in [1.82, 2.24) is 0 Å². The van der Waals surface area contributed by atoms with Crippen LogP contribution in [0.1, 0.15) is 22.8 Å². The summed E-state index contributed by atoms with van der Waals surface area (Å²) in [5.74, 6) is -0.903. The lowest BCUT2D eigenvalue weighted by Crippen LogP contribution is -2.18. The summed E-state index contributed by atoms with van der Waals surface area (Å²) in [7, 11) is 1.66. The number of carbonyl (C=O) groups is 1. The van der Waals surface area contributed by atoms with E-state index in [9.17, 15) is 4.79 Å². The fraction of sp³-hybridized carbons (Fsp3) is 0.417. The lowest BCUT2D eigenvalue weighted by atomic mass is 10.1. The summed E-state index contributed by atoms with van der Waals surface area (Å²) >= 11 is 0. The summed E-state index contributed by atoms with van der Waals surface area (Å²) in [5, 5.41) is 12.0. The zero-order valence-electron chi connectivity index (χ0n) is 9.78. The maximum Gasteiger partial charge on any atom is 0.335 e. The molecule has 0 aromatic heterocycles. The zero-order valence-corrected chi connectivity index (χ0v) is 9.78. The summed E-state index contributed by atoms with van der Waals surface area (Å²) in [5.41, 5.74) is 2.17. The molecule has 0 radical (unpaired) electrons. The molecule has 2 N–H and O–H groups in total. The second-order valence-corrected chi connectivity index (χ2v) is 3.76. The van der Waals surface area contributed by atoms with E-state index in [0.717, 1.165) is 11.3 Å². The molecule has 0 saturated carbocycles. The van der Waals surface area contributed by atoms with Crippen molar-refractivity contribution < 1.29 is 14.6 Å². The number of nitrogens with one attached hydrogen (secondary N) is 1. The maximum atomic E-state index is 10.7. The van der Waals surface area contributed by atoms with Crippen LogP contribution in [0.5, 0.6) is 0 Å². The van der Waals surface area contributed by atoms with Crippen LogP contribution in [0, 0.1) is 6.92 Å². The summed E-state index contributed by atoms with van der Waals surface area (Å²) in [4.78, 5) is 10.7. The van der Waals surface area contributed by atoms with Crippen molar-refractivity contribution in [3.63, 3.8) is 0 Å². The molecule has 0 aliphatic carbocycles. The van der Waals surface area contributed by atoms with Crippen molar-refractivity contribution in [1.29, 1.82) is 0 Å². The Bertz CT molecular complexity index is 377. The van der Waals surface area contributed by atoms with E-state index in [4.69, 9.17) is 9.84 Å². The molecule has 0 bridgehead atoms. The van der Waals surface area contributed by atoms with Crippen LogP contribution in [0.15, 0.2) is 18.2 Å². The predicted octanol–water partition coefficient (Wildman–Crippen LogP) is 2.14. The zero-order chi connectivity index (χ0) is 12.1. The number of rotatable bonds is 5. The number of hydrogen-bond acceptors (Lipinski definition) is 3. The SMILES string of the molecule is COC(C)CNc1ccc(C(=O)O)cc1C. The molecule has 0 spiro atoms. The van der Waals surface area contributed by atoms with Gasteiger partial charge in [-0.2, -0.15) is 0 Å². The molecule has 0 aliphatic rings. The van der Waals surface area contributed by atoms with Crippen molar-refractivity contribution in [2.24, 2.45) is 0 Å². The minimum atomic E-state index is -0.903. The highest BCUT2D eigenvalue weighted by Crippen LogP contribution is 2.16. The molecule has 88 valence electrons. The number of carboxylic acids is 1. The Morgan fingerprint density at radius 1 is 1.56 bits per heavy atom. The second-order valence-electron chi connectivity index (χ2n) is 3.76. The molecule has 1 aromatic rings. The normalized spacial score (nSPS) is 12.2. The lowest BCUT2D eigenvalue weighted by Gasteiger charge is -2.14. The molecule has 1 unspecified atom stereocenters. The minimum Gasteiger partial charge on any atom is -0.478 e. The van der Waals surface area contributed by atoms with Crippen molar-refractivity contribution in [3.05, 3.63) is 29.3 Å². The third-order valence-electron chi connectivity index (χ3n) is 2.46. The van der Waals surface area contributed by atoms with Crippen LogP contribution in [0.2, 0.25) is 0 Å². The van der Waals surface area contributed by atoms with Crippen molar-refractivity contribution in [3.8, 4) is 0 Å². The highest BCUT2D eigenvalue weighted by Gasteiger charge is 2.06. The van der Waals surface area contributed by atoms with Crippen LogP contribution >= 0.6 is 0 Å². The average molecular weight is 223 g/mol. The molecule has 1 aromatic carbocycles. The van der Waals surface area contributed by atoms with Crippen LogP contribution in [-0.4, -0.2) is 30.8 Å². The molecule has 4 nitrogen and oxygen atoms in total. The summed E-state index contributed by atoms with van der Waals surface area (Å²) in [6, 6.07) is 5.03. The summed E-state index contributed by atoms with van der Waals surface area (Å²) in [6.07, 6.45) is 0.124. The monoisotopic (exact) mass is 223 g/mol. The molecule has 4 heteroatoms. The molecule has 0 heterocycles. The molecule has 16 heavy (non-hydrogen) atoms. The van der Waals surface area contributed by atoms with Gasteiger partial charge in [-0.3, -0.25) is 0 Å². The van der Waals surface area contributed by atoms with Gasteiger partial charge in [0.05, 0.1) is 11.7 Å². The van der Waals surface area contributed by atoms with Gasteiger partial charge in [0, 0.05) is 19.3 Å². The van der Waals surface area contributed by atoms with Crippen LogP contribution in [0.25, 0.3) is 0 Å². The van der Waals surface area contributed by atoms with Gasteiger partial charge >= 0.3 is 5.97 Å². The molecule has 0 saturated heterocycles. The van der Waals surface area contributed by atoms with Gasteiger partial charge in [0.1, 0.15) is 0 Å². The fourth-order valence-electron chi connectivity index (χ4n) is 1.33. The van der Waals surface area contributed by atoms with Gasteiger partial charge in [-0.1, -0.05) is 0 Å². The van der Waals surface area contributed by atoms with Gasteiger partial charge in [0.2, 0.25) is 0 Å². The van der Waals surface area contributed by atoms with Gasteiger partial charge in [0.15, 0.2) is 0 Å². The number of aryl methyl sites for hydroxylation is 1. The standard InChI is InChI=1S/C12H17NO3/c1-8-6-10(12(14)15)4-5-11(8)13-7-9(2)16-3/h4-6,9,13H,7H2,1-3H3,(H,14,15). The molecule has 1 rings (SSSR count). The van der Waals surface area contributed by atoms with Crippen LogP contribution in [0.3, 0.4) is 0 Å². The molecular formula is C12H17NO3. The number of methoxy groups -OCH3 is 1. The Kier molecular flexibility index (Phi) is 4.31. The first-order valence-corrected chi connectivity index (χ1v) is 5.15. The Hall–Kier alpha value is -1.55. The second kappa shape index (κ2) is 5.51. The molecule has 0 amide bonds. The Labute approximate surface area is 95.2 Å². The van der Waals surface area contributed by atoms with E-state index in [-0.39, 0.29) is 6.10 Å². The van der Waals surface area contributed by atoms with Crippen molar-refractivity contribution >= 4 is 11.7 Å². The third-order valence-corrected chi connectivity index (χ3v) is 2.46. The number of anilines is 1. The Balaban J connectivity index is 2.72. The van der Waals surface area contributed by atoms with Gasteiger partial charge in [0.25, 0.3) is 0 Å². The summed E-state index contributed by atoms with van der Waals surface area (Å²) in [6.45, 7) is 4.55. The quantitative estimate of drug-likeness (QED) is 0.803. The van der Waals surface area contributed by atoms with Gasteiger partial charge in [-0.15, -0.1) is 0 Å². The average Bonchev–Trinajstić information content (AvgIpc) is 2.26. The lowest BCUT2D eigenvalue weighted by molar-refractivity contribution is 0.0697. The van der Waals surface area contributed by atoms with E-state index in [1.54, 1.807) is 25.3 Å². The van der Waals surface area contributed by atoms with Gasteiger partial charge in [-0.05, 0) is 37.6 Å². The minimum absolute atomic E-state index is 0.124. The van der Waals surface area contributed by atoms with Gasteiger partial charge in [-0.25, -0.2) is 4.79 Å². The molecule has 1 atom stereocenters. The highest BCUT2D eigenvalue weighted by atomic mass is 16.5. The fourth-order valence-corrected chi connectivity index (χ4v) is 1.33. The van der Waals surface area contributed by atoms with Crippen LogP contribution in [0.4, 0.5) is 5.69 Å². The smallest absolute Gasteiger partial charge is 0.335 e. The highest BCUT2D eigenvalue weighted by molar-refractivity contribution is 5.88. The Morgan fingerprint density at radius 2 is 2.25 bits per heavy atom. The van der Waals surface area contributed by atoms with E-state index >= 15 is 0 Å². The number of aromatic carboxylic acids is 1. The molecule has 0 fully saturated rings. The first kappa shape index (κ1) is 12.5. The van der Waals surface area contributed by atoms with Crippen LogP contribution in [-0.2, 0) is 4.74 Å².